The lowest BCUT2D eigenvalue weighted by Crippen LogP contribution is -1.71. The first-order valence-corrected chi connectivity index (χ1v) is 5.54. The van der Waals surface area contributed by atoms with E-state index < -0.39 is 0 Å². The monoisotopic (exact) mass is 188 g/mol. The molecule has 64 valence electrons. The molecule has 0 amide bonds. The van der Waals surface area contributed by atoms with E-state index in [1.807, 2.05) is 11.3 Å². The number of hydrogen-bond acceptors (Lipinski definition) is 2. The third-order valence-corrected chi connectivity index (χ3v) is 2.35. The van der Waals surface area contributed by atoms with Gasteiger partial charge in [0, 0.05) is 9.75 Å². The third-order valence-electron chi connectivity index (χ3n) is 1.29. The Morgan fingerprint density at radius 3 is 2.36 bits per heavy atom. The summed E-state index contributed by atoms with van der Waals surface area (Å²) in [6.45, 7) is 4.37. The molecule has 1 aromatic heterocycles. The topological polar surface area (TPSA) is 0 Å². The lowest BCUT2D eigenvalue weighted by atomic mass is 10.3. The van der Waals surface area contributed by atoms with E-state index in [0.717, 1.165) is 0 Å². The fourth-order valence-electron chi connectivity index (χ4n) is 0.866. The molecule has 0 saturated carbocycles. The van der Waals surface area contributed by atoms with E-state index in [0.29, 0.717) is 0 Å². The molecule has 0 radical (unpaired) electrons. The van der Waals surface area contributed by atoms with Gasteiger partial charge in [-0.3, -0.25) is 0 Å². The van der Waals surface area contributed by atoms with Gasteiger partial charge >= 0.3 is 0 Å². The molecular formula is C9H16S2. The molecule has 0 bridgehead atoms. The largest absolute Gasteiger partial charge is 0.183 e. The fraction of sp³-hybridized carbons (Fsp3) is 0.556. The van der Waals surface area contributed by atoms with Gasteiger partial charge in [-0.1, -0.05) is 13.3 Å². The maximum Gasteiger partial charge on any atom is 0.00479 e. The van der Waals surface area contributed by atoms with Gasteiger partial charge in [0.25, 0.3) is 0 Å². The van der Waals surface area contributed by atoms with Crippen molar-refractivity contribution in [2.45, 2.75) is 26.7 Å². The highest BCUT2D eigenvalue weighted by molar-refractivity contribution is 7.79. The minimum atomic E-state index is 1.25. The van der Waals surface area contributed by atoms with E-state index in [4.69, 9.17) is 0 Å². The van der Waals surface area contributed by atoms with E-state index in [2.05, 4.69) is 38.6 Å². The predicted molar refractivity (Wildman–Crippen MR) is 58.0 cm³/mol. The summed E-state index contributed by atoms with van der Waals surface area (Å²) in [4.78, 5) is 2.95. The van der Waals surface area contributed by atoms with Crippen LogP contribution in [0, 0.1) is 6.92 Å². The molecular weight excluding hydrogens is 172 g/mol. The van der Waals surface area contributed by atoms with Crippen molar-refractivity contribution in [2.75, 3.05) is 6.26 Å². The van der Waals surface area contributed by atoms with E-state index >= 15 is 0 Å². The highest BCUT2D eigenvalue weighted by atomic mass is 32.1. The summed E-state index contributed by atoms with van der Waals surface area (Å²) in [6.07, 6.45) is 4.21. The maximum atomic E-state index is 3.53. The van der Waals surface area contributed by atoms with Crippen LogP contribution >= 0.6 is 24.0 Å². The van der Waals surface area contributed by atoms with Crippen molar-refractivity contribution in [3.8, 4) is 0 Å². The van der Waals surface area contributed by atoms with Gasteiger partial charge in [-0.25, -0.2) is 0 Å². The van der Waals surface area contributed by atoms with Gasteiger partial charge < -0.3 is 0 Å². The van der Waals surface area contributed by atoms with E-state index in [-0.39, 0.29) is 0 Å². The summed E-state index contributed by atoms with van der Waals surface area (Å²) in [5.41, 5.74) is 0. The highest BCUT2D eigenvalue weighted by Crippen LogP contribution is 2.15. The van der Waals surface area contributed by atoms with Crippen molar-refractivity contribution in [2.24, 2.45) is 0 Å². The fourth-order valence-corrected chi connectivity index (χ4v) is 1.86. The van der Waals surface area contributed by atoms with Crippen molar-refractivity contribution in [3.05, 3.63) is 21.9 Å². The molecule has 0 atom stereocenters. The van der Waals surface area contributed by atoms with Crippen LogP contribution in [0.25, 0.3) is 0 Å². The molecule has 0 fully saturated rings. The van der Waals surface area contributed by atoms with Crippen LogP contribution < -0.4 is 0 Å². The quantitative estimate of drug-likeness (QED) is 0.674. The molecule has 1 heterocycles. The van der Waals surface area contributed by atoms with Crippen LogP contribution in [0.4, 0.5) is 0 Å². The Kier molecular flexibility index (Phi) is 6.77. The zero-order chi connectivity index (χ0) is 8.69. The van der Waals surface area contributed by atoms with Gasteiger partial charge in [-0.05, 0) is 31.7 Å². The smallest absolute Gasteiger partial charge is 0.00479 e. The highest BCUT2D eigenvalue weighted by Gasteiger charge is 1.92. The zero-order valence-corrected chi connectivity index (χ0v) is 9.14. The Hall–Kier alpha value is 0.0500. The summed E-state index contributed by atoms with van der Waals surface area (Å²) in [5, 5.41) is 0. The molecule has 0 aliphatic carbocycles. The summed E-state index contributed by atoms with van der Waals surface area (Å²) in [6, 6.07) is 4.42. The summed E-state index contributed by atoms with van der Waals surface area (Å²) in [5.74, 6) is 0. The van der Waals surface area contributed by atoms with Crippen LogP contribution in [0.2, 0.25) is 0 Å². The molecule has 0 nitrogen and oxygen atoms in total. The van der Waals surface area contributed by atoms with Crippen molar-refractivity contribution in [1.82, 2.24) is 0 Å². The molecule has 0 N–H and O–H groups in total. The van der Waals surface area contributed by atoms with Gasteiger partial charge in [0.2, 0.25) is 0 Å². The molecule has 2 heteroatoms. The number of thiophene rings is 1. The zero-order valence-electron chi connectivity index (χ0n) is 7.42. The van der Waals surface area contributed by atoms with Crippen LogP contribution in [0.3, 0.4) is 0 Å². The van der Waals surface area contributed by atoms with Crippen molar-refractivity contribution >= 4 is 24.0 Å². The van der Waals surface area contributed by atoms with Crippen molar-refractivity contribution in [3.63, 3.8) is 0 Å². The first-order valence-electron chi connectivity index (χ1n) is 3.83. The molecule has 0 spiro atoms. The van der Waals surface area contributed by atoms with E-state index in [9.17, 15) is 0 Å². The summed E-state index contributed by atoms with van der Waals surface area (Å²) < 4.78 is 0. The van der Waals surface area contributed by atoms with Crippen LogP contribution in [0.5, 0.6) is 0 Å². The second kappa shape index (κ2) is 6.74. The predicted octanol–water partition coefficient (Wildman–Crippen LogP) is 3.56. The van der Waals surface area contributed by atoms with Crippen LogP contribution in [0.15, 0.2) is 12.1 Å². The summed E-state index contributed by atoms with van der Waals surface area (Å²) in [7, 11) is 0. The number of thiol groups is 1. The average Bonchev–Trinajstić information content (AvgIpc) is 2.41. The second-order valence-electron chi connectivity index (χ2n) is 2.26. The Bertz CT molecular complexity index is 179. The molecule has 0 aromatic carbocycles. The molecule has 11 heavy (non-hydrogen) atoms. The van der Waals surface area contributed by atoms with Gasteiger partial charge in [0.15, 0.2) is 0 Å². The van der Waals surface area contributed by atoms with Crippen LogP contribution in [-0.2, 0) is 6.42 Å². The number of aryl methyl sites for hydroxylation is 2. The lowest BCUT2D eigenvalue weighted by molar-refractivity contribution is 0.940. The van der Waals surface area contributed by atoms with Gasteiger partial charge in [0.1, 0.15) is 0 Å². The first-order chi connectivity index (χ1) is 5.33. The Morgan fingerprint density at radius 2 is 2.00 bits per heavy atom. The Labute approximate surface area is 79.1 Å². The van der Waals surface area contributed by atoms with Crippen LogP contribution in [-0.4, -0.2) is 6.26 Å². The Morgan fingerprint density at radius 1 is 1.36 bits per heavy atom. The van der Waals surface area contributed by atoms with Crippen molar-refractivity contribution in [1.29, 1.82) is 0 Å². The first kappa shape index (κ1) is 11.1. The minimum absolute atomic E-state index is 1.25. The molecule has 0 aliphatic rings. The maximum absolute atomic E-state index is 3.53. The minimum Gasteiger partial charge on any atom is -0.183 e. The third kappa shape index (κ3) is 4.49. The lowest BCUT2D eigenvalue weighted by Gasteiger charge is -1.86. The molecule has 1 aromatic rings. The van der Waals surface area contributed by atoms with Crippen LogP contribution in [0.1, 0.15) is 23.1 Å². The van der Waals surface area contributed by atoms with E-state index in [1.165, 1.54) is 22.6 Å². The summed E-state index contributed by atoms with van der Waals surface area (Å²) >= 11 is 5.44. The number of hydrogen-bond donors (Lipinski definition) is 1. The molecule has 0 aliphatic heterocycles. The van der Waals surface area contributed by atoms with Gasteiger partial charge in [0.05, 0.1) is 0 Å². The number of rotatable bonds is 2. The van der Waals surface area contributed by atoms with Gasteiger partial charge in [-0.2, -0.15) is 12.6 Å². The average molecular weight is 188 g/mol. The normalized spacial score (nSPS) is 8.73. The van der Waals surface area contributed by atoms with Gasteiger partial charge in [-0.15, -0.1) is 11.3 Å². The SMILES string of the molecule is CCCc1ccc(C)s1.CS. The molecule has 0 unspecified atom stereocenters. The standard InChI is InChI=1S/C8H12S.CH4S/c1-3-4-8-6-5-7(2)9-8;1-2/h5-6H,3-4H2,1-2H3;2H,1H3. The molecule has 0 saturated heterocycles. The van der Waals surface area contributed by atoms with E-state index in [1.54, 1.807) is 6.26 Å². The van der Waals surface area contributed by atoms with Crippen molar-refractivity contribution < 1.29 is 0 Å². The Balaban J connectivity index is 0.000000461. The molecule has 1 rings (SSSR count). The second-order valence-corrected chi connectivity index (χ2v) is 3.63.